The molecule has 1 N–H and O–H groups in total. The minimum absolute atomic E-state index is 0.645. The molecule has 1 saturated heterocycles. The first-order chi connectivity index (χ1) is 5.43. The molecule has 3 heteroatoms. The highest BCUT2D eigenvalue weighted by molar-refractivity contribution is 4.62. The molecule has 1 heterocycles. The van der Waals surface area contributed by atoms with Gasteiger partial charge in [0.05, 0.1) is 19.8 Å². The Morgan fingerprint density at radius 1 is 1.64 bits per heavy atom. The molecule has 1 atom stereocenters. The van der Waals surface area contributed by atoms with Gasteiger partial charge in [-0.15, -0.1) is 0 Å². The predicted octanol–water partition coefficient (Wildman–Crippen LogP) is 0.259. The molecule has 0 saturated carbocycles. The zero-order valence-corrected chi connectivity index (χ0v) is 7.14. The summed E-state index contributed by atoms with van der Waals surface area (Å²) in [6.45, 7) is 4.42. The molecule has 1 rings (SSSR count). The minimum Gasteiger partial charge on any atom is -0.381 e. The summed E-state index contributed by atoms with van der Waals surface area (Å²) >= 11 is 0. The Morgan fingerprint density at radius 3 is 3.18 bits per heavy atom. The Hall–Kier alpha value is -0.120. The third kappa shape index (κ3) is 3.70. The second kappa shape index (κ2) is 5.52. The molecule has 3 nitrogen and oxygen atoms in total. The molecule has 1 fully saturated rings. The summed E-state index contributed by atoms with van der Waals surface area (Å²) in [6, 6.07) is 0. The molecule has 66 valence electrons. The third-order valence-electron chi connectivity index (χ3n) is 1.87. The number of hydrogen-bond acceptors (Lipinski definition) is 3. The van der Waals surface area contributed by atoms with Crippen LogP contribution in [0.5, 0.6) is 0 Å². The molecule has 0 aromatic carbocycles. The van der Waals surface area contributed by atoms with Crippen molar-refractivity contribution in [2.45, 2.75) is 6.42 Å². The van der Waals surface area contributed by atoms with E-state index in [1.807, 2.05) is 7.05 Å². The SMILES string of the molecule is CNCCOCC1CCOC1. The van der Waals surface area contributed by atoms with Crippen LogP contribution in [0.3, 0.4) is 0 Å². The number of likely N-dealkylation sites (N-methyl/N-ethyl adjacent to an activating group) is 1. The normalized spacial score (nSPS) is 24.3. The van der Waals surface area contributed by atoms with Gasteiger partial charge < -0.3 is 14.8 Å². The molecule has 1 unspecified atom stereocenters. The number of ether oxygens (including phenoxy) is 2. The van der Waals surface area contributed by atoms with Crippen molar-refractivity contribution >= 4 is 0 Å². The topological polar surface area (TPSA) is 30.5 Å². The zero-order chi connectivity index (χ0) is 7.94. The van der Waals surface area contributed by atoms with Crippen LogP contribution in [0.15, 0.2) is 0 Å². The van der Waals surface area contributed by atoms with E-state index in [0.717, 1.165) is 33.0 Å². The van der Waals surface area contributed by atoms with Gasteiger partial charge >= 0.3 is 0 Å². The summed E-state index contributed by atoms with van der Waals surface area (Å²) in [5.41, 5.74) is 0. The van der Waals surface area contributed by atoms with Gasteiger partial charge in [0.1, 0.15) is 0 Å². The lowest BCUT2D eigenvalue weighted by Crippen LogP contribution is -2.17. The second-order valence-electron chi connectivity index (χ2n) is 2.91. The molecule has 0 bridgehead atoms. The molecule has 0 spiro atoms. The lowest BCUT2D eigenvalue weighted by molar-refractivity contribution is 0.0922. The average molecular weight is 159 g/mol. The van der Waals surface area contributed by atoms with E-state index in [9.17, 15) is 0 Å². The van der Waals surface area contributed by atoms with Gasteiger partial charge in [-0.3, -0.25) is 0 Å². The van der Waals surface area contributed by atoms with Crippen LogP contribution in [0.2, 0.25) is 0 Å². The molecule has 1 aliphatic heterocycles. The Bertz CT molecular complexity index is 92.1. The molecule has 1 aliphatic rings. The van der Waals surface area contributed by atoms with Crippen LogP contribution in [0.25, 0.3) is 0 Å². The fraction of sp³-hybridized carbons (Fsp3) is 1.00. The van der Waals surface area contributed by atoms with Crippen molar-refractivity contribution in [1.29, 1.82) is 0 Å². The van der Waals surface area contributed by atoms with Crippen molar-refractivity contribution < 1.29 is 9.47 Å². The molecular weight excluding hydrogens is 142 g/mol. The maximum Gasteiger partial charge on any atom is 0.0590 e. The Kier molecular flexibility index (Phi) is 4.50. The van der Waals surface area contributed by atoms with Gasteiger partial charge in [-0.25, -0.2) is 0 Å². The van der Waals surface area contributed by atoms with Crippen molar-refractivity contribution in [2.24, 2.45) is 5.92 Å². The van der Waals surface area contributed by atoms with Crippen LogP contribution in [0, 0.1) is 5.92 Å². The minimum atomic E-state index is 0.645. The van der Waals surface area contributed by atoms with E-state index in [4.69, 9.17) is 9.47 Å². The predicted molar refractivity (Wildman–Crippen MR) is 43.7 cm³/mol. The summed E-state index contributed by atoms with van der Waals surface area (Å²) in [7, 11) is 1.93. The average Bonchev–Trinajstić information content (AvgIpc) is 2.50. The van der Waals surface area contributed by atoms with Crippen molar-refractivity contribution in [2.75, 3.05) is 40.0 Å². The molecule has 0 aromatic heterocycles. The van der Waals surface area contributed by atoms with Crippen molar-refractivity contribution in [3.8, 4) is 0 Å². The second-order valence-corrected chi connectivity index (χ2v) is 2.91. The maximum atomic E-state index is 5.42. The van der Waals surface area contributed by atoms with Gasteiger partial charge in [-0.05, 0) is 13.5 Å². The van der Waals surface area contributed by atoms with E-state index in [1.165, 1.54) is 6.42 Å². The van der Waals surface area contributed by atoms with Crippen molar-refractivity contribution in [3.05, 3.63) is 0 Å². The monoisotopic (exact) mass is 159 g/mol. The lowest BCUT2D eigenvalue weighted by Gasteiger charge is -2.07. The fourth-order valence-electron chi connectivity index (χ4n) is 1.14. The molecule has 0 aromatic rings. The quantitative estimate of drug-likeness (QED) is 0.584. The van der Waals surface area contributed by atoms with Crippen LogP contribution in [-0.4, -0.2) is 40.0 Å². The third-order valence-corrected chi connectivity index (χ3v) is 1.87. The zero-order valence-electron chi connectivity index (χ0n) is 7.14. The van der Waals surface area contributed by atoms with Crippen molar-refractivity contribution in [1.82, 2.24) is 5.32 Å². The van der Waals surface area contributed by atoms with Gasteiger partial charge in [0.2, 0.25) is 0 Å². The van der Waals surface area contributed by atoms with Crippen LogP contribution in [0.1, 0.15) is 6.42 Å². The summed E-state index contributed by atoms with van der Waals surface area (Å²) in [6.07, 6.45) is 1.17. The van der Waals surface area contributed by atoms with E-state index < -0.39 is 0 Å². The summed E-state index contributed by atoms with van der Waals surface area (Å²) < 4.78 is 10.6. The first-order valence-electron chi connectivity index (χ1n) is 4.23. The Balaban J connectivity index is 1.86. The van der Waals surface area contributed by atoms with E-state index in [1.54, 1.807) is 0 Å². The van der Waals surface area contributed by atoms with Gasteiger partial charge in [-0.2, -0.15) is 0 Å². The molecule has 11 heavy (non-hydrogen) atoms. The number of rotatable bonds is 5. The summed E-state index contributed by atoms with van der Waals surface area (Å²) in [5.74, 6) is 0.645. The Labute approximate surface area is 68.1 Å². The molecular formula is C8H17NO2. The van der Waals surface area contributed by atoms with Gasteiger partial charge in [-0.1, -0.05) is 0 Å². The van der Waals surface area contributed by atoms with Crippen LogP contribution in [0.4, 0.5) is 0 Å². The van der Waals surface area contributed by atoms with E-state index in [2.05, 4.69) is 5.32 Å². The largest absolute Gasteiger partial charge is 0.381 e. The Morgan fingerprint density at radius 2 is 2.55 bits per heavy atom. The van der Waals surface area contributed by atoms with Crippen molar-refractivity contribution in [3.63, 3.8) is 0 Å². The first-order valence-corrected chi connectivity index (χ1v) is 4.23. The standard InChI is InChI=1S/C8H17NO2/c1-9-3-5-11-7-8-2-4-10-6-8/h8-9H,2-7H2,1H3. The molecule has 0 radical (unpaired) electrons. The van der Waals surface area contributed by atoms with Gasteiger partial charge in [0.15, 0.2) is 0 Å². The van der Waals surface area contributed by atoms with Gasteiger partial charge in [0, 0.05) is 19.1 Å². The summed E-state index contributed by atoms with van der Waals surface area (Å²) in [4.78, 5) is 0. The highest BCUT2D eigenvalue weighted by Crippen LogP contribution is 2.11. The van der Waals surface area contributed by atoms with Crippen LogP contribution < -0.4 is 5.32 Å². The van der Waals surface area contributed by atoms with E-state index in [-0.39, 0.29) is 0 Å². The van der Waals surface area contributed by atoms with Crippen LogP contribution in [-0.2, 0) is 9.47 Å². The first kappa shape index (κ1) is 8.97. The van der Waals surface area contributed by atoms with E-state index >= 15 is 0 Å². The number of hydrogen-bond donors (Lipinski definition) is 1. The van der Waals surface area contributed by atoms with Crippen LogP contribution >= 0.6 is 0 Å². The summed E-state index contributed by atoms with van der Waals surface area (Å²) in [5, 5.41) is 3.04. The lowest BCUT2D eigenvalue weighted by atomic mass is 10.1. The number of nitrogens with one attached hydrogen (secondary N) is 1. The molecule has 0 aliphatic carbocycles. The molecule has 0 amide bonds. The maximum absolute atomic E-state index is 5.42. The van der Waals surface area contributed by atoms with E-state index in [0.29, 0.717) is 5.92 Å². The highest BCUT2D eigenvalue weighted by atomic mass is 16.5. The van der Waals surface area contributed by atoms with Gasteiger partial charge in [0.25, 0.3) is 0 Å². The highest BCUT2D eigenvalue weighted by Gasteiger charge is 2.14. The smallest absolute Gasteiger partial charge is 0.0590 e. The fourth-order valence-corrected chi connectivity index (χ4v) is 1.14.